The zero-order valence-corrected chi connectivity index (χ0v) is 11.7. The van der Waals surface area contributed by atoms with Gasteiger partial charge in [-0.3, -0.25) is 0 Å². The Bertz CT molecular complexity index is 558. The lowest BCUT2D eigenvalue weighted by Gasteiger charge is -2.17. The van der Waals surface area contributed by atoms with E-state index in [4.69, 9.17) is 4.74 Å². The predicted octanol–water partition coefficient (Wildman–Crippen LogP) is 2.71. The van der Waals surface area contributed by atoms with E-state index in [1.807, 2.05) is 12.1 Å². The van der Waals surface area contributed by atoms with Crippen LogP contribution in [0.1, 0.15) is 19.4 Å². The van der Waals surface area contributed by atoms with Crippen molar-refractivity contribution in [2.45, 2.75) is 26.0 Å². The molecule has 2 aromatic rings. The number of fused-ring (bicyclic) bond motifs is 1. The lowest BCUT2D eigenvalue weighted by Crippen LogP contribution is -2.34. The fourth-order valence-corrected chi connectivity index (χ4v) is 2.02. The molecule has 102 valence electrons. The summed E-state index contributed by atoms with van der Waals surface area (Å²) in [5.74, 6) is 0.875. The molecule has 0 bridgehead atoms. The summed E-state index contributed by atoms with van der Waals surface area (Å²) < 4.78 is 5.21. The summed E-state index contributed by atoms with van der Waals surface area (Å²) in [5, 5.41) is 15.3. The van der Waals surface area contributed by atoms with E-state index in [9.17, 15) is 5.11 Å². The molecule has 0 atom stereocenters. The first-order valence-electron chi connectivity index (χ1n) is 6.48. The highest BCUT2D eigenvalue weighted by Crippen LogP contribution is 2.21. The molecule has 0 radical (unpaired) electrons. The molecule has 2 aromatic carbocycles. The maximum absolute atomic E-state index is 9.65. The smallest absolute Gasteiger partial charge is 0.119 e. The van der Waals surface area contributed by atoms with Crippen LogP contribution in [0.25, 0.3) is 10.8 Å². The molecule has 0 aliphatic carbocycles. The number of hydrogen-bond acceptors (Lipinski definition) is 3. The van der Waals surface area contributed by atoms with Crippen molar-refractivity contribution in [3.8, 4) is 5.75 Å². The number of aliphatic hydroxyl groups is 1. The Hall–Kier alpha value is -1.58. The standard InChI is InChI=1S/C16H21NO2/c1-16(2,18)11-17-10-12-4-5-14-9-15(19-3)7-6-13(14)8-12/h4-9,17-18H,10-11H2,1-3H3. The lowest BCUT2D eigenvalue weighted by atomic mass is 10.1. The summed E-state index contributed by atoms with van der Waals surface area (Å²) in [6.45, 7) is 4.93. The van der Waals surface area contributed by atoms with Gasteiger partial charge in [0.2, 0.25) is 0 Å². The van der Waals surface area contributed by atoms with E-state index < -0.39 is 5.60 Å². The number of nitrogens with one attached hydrogen (secondary N) is 1. The summed E-state index contributed by atoms with van der Waals surface area (Å²) in [7, 11) is 1.68. The van der Waals surface area contributed by atoms with Crippen LogP contribution in [-0.4, -0.2) is 24.4 Å². The van der Waals surface area contributed by atoms with Gasteiger partial charge in [-0.25, -0.2) is 0 Å². The number of rotatable bonds is 5. The molecular formula is C16H21NO2. The first-order valence-corrected chi connectivity index (χ1v) is 6.48. The Kier molecular flexibility index (Phi) is 4.08. The Morgan fingerprint density at radius 2 is 1.79 bits per heavy atom. The zero-order chi connectivity index (χ0) is 13.9. The van der Waals surface area contributed by atoms with Crippen molar-refractivity contribution in [3.63, 3.8) is 0 Å². The third-order valence-electron chi connectivity index (χ3n) is 3.00. The molecule has 0 aliphatic rings. The number of hydrogen-bond donors (Lipinski definition) is 2. The van der Waals surface area contributed by atoms with Crippen LogP contribution >= 0.6 is 0 Å². The molecule has 0 saturated heterocycles. The number of benzene rings is 2. The van der Waals surface area contributed by atoms with Gasteiger partial charge in [0.1, 0.15) is 5.75 Å². The highest BCUT2D eigenvalue weighted by atomic mass is 16.5. The third-order valence-corrected chi connectivity index (χ3v) is 3.00. The SMILES string of the molecule is COc1ccc2cc(CNCC(C)(C)O)ccc2c1. The van der Waals surface area contributed by atoms with Gasteiger partial charge >= 0.3 is 0 Å². The molecule has 0 saturated carbocycles. The Morgan fingerprint density at radius 3 is 2.47 bits per heavy atom. The fraction of sp³-hybridized carbons (Fsp3) is 0.375. The summed E-state index contributed by atoms with van der Waals surface area (Å²) >= 11 is 0. The van der Waals surface area contributed by atoms with Crippen LogP contribution in [0, 0.1) is 0 Å². The Balaban J connectivity index is 2.09. The van der Waals surface area contributed by atoms with Gasteiger partial charge < -0.3 is 15.2 Å². The minimum Gasteiger partial charge on any atom is -0.497 e. The Morgan fingerprint density at radius 1 is 1.11 bits per heavy atom. The summed E-state index contributed by atoms with van der Waals surface area (Å²) in [5.41, 5.74) is 0.534. The number of ether oxygens (including phenoxy) is 1. The monoisotopic (exact) mass is 259 g/mol. The van der Waals surface area contributed by atoms with Crippen molar-refractivity contribution >= 4 is 10.8 Å². The topological polar surface area (TPSA) is 41.5 Å². The molecule has 0 fully saturated rings. The van der Waals surface area contributed by atoms with Crippen LogP contribution in [0.5, 0.6) is 5.75 Å². The van der Waals surface area contributed by atoms with Crippen molar-refractivity contribution in [1.29, 1.82) is 0 Å². The van der Waals surface area contributed by atoms with Crippen LogP contribution in [0.15, 0.2) is 36.4 Å². The average molecular weight is 259 g/mol. The van der Waals surface area contributed by atoms with Gasteiger partial charge in [-0.2, -0.15) is 0 Å². The molecular weight excluding hydrogens is 238 g/mol. The molecule has 0 heterocycles. The van der Waals surface area contributed by atoms with E-state index in [1.165, 1.54) is 16.3 Å². The minimum absolute atomic E-state index is 0.577. The Labute approximate surface area is 114 Å². The maximum atomic E-state index is 9.65. The first-order chi connectivity index (χ1) is 8.98. The van der Waals surface area contributed by atoms with Crippen LogP contribution in [0.4, 0.5) is 0 Å². The predicted molar refractivity (Wildman–Crippen MR) is 78.5 cm³/mol. The van der Waals surface area contributed by atoms with Gasteiger partial charge in [0, 0.05) is 13.1 Å². The molecule has 2 N–H and O–H groups in total. The summed E-state index contributed by atoms with van der Waals surface area (Å²) in [4.78, 5) is 0. The van der Waals surface area contributed by atoms with E-state index in [1.54, 1.807) is 21.0 Å². The van der Waals surface area contributed by atoms with Gasteiger partial charge in [-0.05, 0) is 48.4 Å². The molecule has 0 aliphatic heterocycles. The van der Waals surface area contributed by atoms with Crippen molar-refractivity contribution in [2.24, 2.45) is 0 Å². The molecule has 0 spiro atoms. The zero-order valence-electron chi connectivity index (χ0n) is 11.7. The first kappa shape index (κ1) is 13.8. The molecule has 2 rings (SSSR count). The second-order valence-corrected chi connectivity index (χ2v) is 5.46. The van der Waals surface area contributed by atoms with Crippen molar-refractivity contribution in [1.82, 2.24) is 5.32 Å². The second kappa shape index (κ2) is 5.59. The van der Waals surface area contributed by atoms with E-state index in [-0.39, 0.29) is 0 Å². The molecule has 3 heteroatoms. The van der Waals surface area contributed by atoms with Gasteiger partial charge in [-0.1, -0.05) is 18.2 Å². The highest BCUT2D eigenvalue weighted by Gasteiger charge is 2.10. The molecule has 19 heavy (non-hydrogen) atoms. The van der Waals surface area contributed by atoms with Gasteiger partial charge in [0.25, 0.3) is 0 Å². The molecule has 0 amide bonds. The second-order valence-electron chi connectivity index (χ2n) is 5.46. The van der Waals surface area contributed by atoms with Crippen LogP contribution in [-0.2, 0) is 6.54 Å². The largest absolute Gasteiger partial charge is 0.497 e. The van der Waals surface area contributed by atoms with E-state index in [0.717, 1.165) is 12.3 Å². The van der Waals surface area contributed by atoms with Crippen molar-refractivity contribution in [3.05, 3.63) is 42.0 Å². The lowest BCUT2D eigenvalue weighted by molar-refractivity contribution is 0.0795. The van der Waals surface area contributed by atoms with Crippen LogP contribution < -0.4 is 10.1 Å². The molecule has 3 nitrogen and oxygen atoms in total. The quantitative estimate of drug-likeness (QED) is 0.867. The number of methoxy groups -OCH3 is 1. The molecule has 0 unspecified atom stereocenters. The van der Waals surface area contributed by atoms with E-state index >= 15 is 0 Å². The van der Waals surface area contributed by atoms with Crippen molar-refractivity contribution in [2.75, 3.05) is 13.7 Å². The average Bonchev–Trinajstić information content (AvgIpc) is 2.36. The molecule has 0 aromatic heterocycles. The van der Waals surface area contributed by atoms with Crippen LogP contribution in [0.2, 0.25) is 0 Å². The third kappa shape index (κ3) is 3.94. The van der Waals surface area contributed by atoms with Gasteiger partial charge in [0.15, 0.2) is 0 Å². The minimum atomic E-state index is -0.676. The normalized spacial score (nSPS) is 11.8. The van der Waals surface area contributed by atoms with E-state index in [2.05, 4.69) is 29.6 Å². The summed E-state index contributed by atoms with van der Waals surface area (Å²) in [6, 6.07) is 12.4. The van der Waals surface area contributed by atoms with Crippen LogP contribution in [0.3, 0.4) is 0 Å². The van der Waals surface area contributed by atoms with E-state index in [0.29, 0.717) is 6.54 Å². The summed E-state index contributed by atoms with van der Waals surface area (Å²) in [6.07, 6.45) is 0. The highest BCUT2D eigenvalue weighted by molar-refractivity contribution is 5.84. The fourth-order valence-electron chi connectivity index (χ4n) is 2.02. The van der Waals surface area contributed by atoms with Gasteiger partial charge in [-0.15, -0.1) is 0 Å². The van der Waals surface area contributed by atoms with Crippen molar-refractivity contribution < 1.29 is 9.84 Å². The van der Waals surface area contributed by atoms with Gasteiger partial charge in [0.05, 0.1) is 12.7 Å². The maximum Gasteiger partial charge on any atom is 0.119 e.